The summed E-state index contributed by atoms with van der Waals surface area (Å²) in [7, 11) is 0.442. The van der Waals surface area contributed by atoms with Gasteiger partial charge in [-0.05, 0) is 44.6 Å². The van der Waals surface area contributed by atoms with Gasteiger partial charge in [0.15, 0.2) is 0 Å². The lowest BCUT2D eigenvalue weighted by atomic mass is 9.80. The molecule has 3 N–H and O–H groups in total. The summed E-state index contributed by atoms with van der Waals surface area (Å²) in [5.41, 5.74) is 6.31. The van der Waals surface area contributed by atoms with Gasteiger partial charge in [0.05, 0.1) is 11.2 Å². The third kappa shape index (κ3) is 2.81. The summed E-state index contributed by atoms with van der Waals surface area (Å²) in [5.74, 6) is 0. The monoisotopic (exact) mass is 271 g/mol. The average Bonchev–Trinajstić information content (AvgIpc) is 2.37. The van der Waals surface area contributed by atoms with Gasteiger partial charge in [-0.25, -0.2) is 0 Å². The number of anilines is 1. The molecule has 0 atom stereocenters. The molecule has 0 spiro atoms. The molecule has 0 aromatic heterocycles. The molecule has 0 saturated carbocycles. The third-order valence-electron chi connectivity index (χ3n) is 4.11. The predicted octanol–water partition coefficient (Wildman–Crippen LogP) is 1.96. The Morgan fingerprint density at radius 3 is 2.20 bits per heavy atom. The number of benzene rings is 2. The highest BCUT2D eigenvalue weighted by Gasteiger charge is 2.35. The maximum Gasteiger partial charge on any atom is 0.310 e. The second kappa shape index (κ2) is 5.11. The van der Waals surface area contributed by atoms with E-state index in [1.807, 2.05) is 50.2 Å². The maximum atomic E-state index is 10.1. The Kier molecular flexibility index (Phi) is 3.81. The molecule has 0 fully saturated rings. The normalized spacial score (nSPS) is 12.7. The molecular weight excluding hydrogens is 249 g/mol. The summed E-state index contributed by atoms with van der Waals surface area (Å²) in [6, 6.07) is 11.9. The Labute approximate surface area is 121 Å². The fraction of sp³-hybridized carbons (Fsp3) is 0.375. The van der Waals surface area contributed by atoms with Crippen LogP contribution in [0.1, 0.15) is 27.7 Å². The molecule has 0 heterocycles. The van der Waals surface area contributed by atoms with Crippen molar-refractivity contribution in [3.63, 3.8) is 0 Å². The zero-order valence-corrected chi connectivity index (χ0v) is 12.6. The van der Waals surface area contributed by atoms with E-state index in [1.165, 1.54) is 0 Å². The van der Waals surface area contributed by atoms with Crippen molar-refractivity contribution in [2.75, 3.05) is 5.73 Å². The Bertz CT molecular complexity index is 617. The quantitative estimate of drug-likeness (QED) is 0.660. The highest BCUT2D eigenvalue weighted by molar-refractivity contribution is 6.51. The number of nitrogens with two attached hydrogens (primary N) is 1. The lowest BCUT2D eigenvalue weighted by Gasteiger charge is -2.37. The van der Waals surface area contributed by atoms with Crippen molar-refractivity contribution in [2.24, 2.45) is 0 Å². The van der Waals surface area contributed by atoms with Gasteiger partial charge in [-0.3, -0.25) is 0 Å². The molecule has 0 aliphatic heterocycles. The number of hydrogen-bond donors (Lipinski definition) is 2. The molecule has 3 nitrogen and oxygen atoms in total. The van der Waals surface area contributed by atoms with Crippen LogP contribution in [0.3, 0.4) is 0 Å². The van der Waals surface area contributed by atoms with Gasteiger partial charge in [0.25, 0.3) is 0 Å². The fourth-order valence-electron chi connectivity index (χ4n) is 1.95. The standard InChI is InChI=1S/C16H22BNO2/c1-15(2,19)16(3,4)20-17-13-9-10-14(18)12-8-6-5-7-11(12)13/h5-10,17,19H,18H2,1-4H3. The van der Waals surface area contributed by atoms with E-state index in [2.05, 4.69) is 0 Å². The van der Waals surface area contributed by atoms with Crippen molar-refractivity contribution < 1.29 is 9.76 Å². The van der Waals surface area contributed by atoms with Crippen molar-refractivity contribution in [3.05, 3.63) is 36.4 Å². The van der Waals surface area contributed by atoms with Crippen LogP contribution >= 0.6 is 0 Å². The van der Waals surface area contributed by atoms with Gasteiger partial charge in [-0.1, -0.05) is 30.3 Å². The Morgan fingerprint density at radius 1 is 1.00 bits per heavy atom. The number of aliphatic hydroxyl groups is 1. The first-order valence-corrected chi connectivity index (χ1v) is 6.85. The molecule has 0 amide bonds. The van der Waals surface area contributed by atoms with Gasteiger partial charge >= 0.3 is 7.48 Å². The summed E-state index contributed by atoms with van der Waals surface area (Å²) < 4.78 is 5.94. The van der Waals surface area contributed by atoms with Gasteiger partial charge < -0.3 is 15.5 Å². The van der Waals surface area contributed by atoms with Crippen LogP contribution in [-0.2, 0) is 4.65 Å². The highest BCUT2D eigenvalue weighted by atomic mass is 16.5. The average molecular weight is 271 g/mol. The zero-order chi connectivity index (χ0) is 15.0. The molecule has 0 aliphatic carbocycles. The lowest BCUT2D eigenvalue weighted by Crippen LogP contribution is -2.49. The molecule has 0 bridgehead atoms. The molecule has 0 unspecified atom stereocenters. The second-order valence-electron chi connectivity index (χ2n) is 6.22. The lowest BCUT2D eigenvalue weighted by molar-refractivity contribution is -0.0893. The second-order valence-corrected chi connectivity index (χ2v) is 6.22. The van der Waals surface area contributed by atoms with Crippen LogP contribution in [-0.4, -0.2) is 23.8 Å². The Hall–Kier alpha value is -1.52. The van der Waals surface area contributed by atoms with Crippen LogP contribution in [0.2, 0.25) is 0 Å². The Morgan fingerprint density at radius 2 is 1.60 bits per heavy atom. The van der Waals surface area contributed by atoms with E-state index in [1.54, 1.807) is 13.8 Å². The van der Waals surface area contributed by atoms with E-state index in [9.17, 15) is 5.11 Å². The van der Waals surface area contributed by atoms with Crippen molar-refractivity contribution in [1.82, 2.24) is 0 Å². The minimum atomic E-state index is -0.906. The van der Waals surface area contributed by atoms with E-state index in [0.717, 1.165) is 21.9 Å². The molecule has 2 aromatic carbocycles. The number of hydrogen-bond acceptors (Lipinski definition) is 3. The van der Waals surface area contributed by atoms with Gasteiger partial charge in [-0.15, -0.1) is 0 Å². The van der Waals surface area contributed by atoms with Crippen LogP contribution in [0.4, 0.5) is 5.69 Å². The van der Waals surface area contributed by atoms with E-state index in [-0.39, 0.29) is 0 Å². The van der Waals surface area contributed by atoms with Gasteiger partial charge in [0, 0.05) is 11.1 Å². The summed E-state index contributed by atoms with van der Waals surface area (Å²) in [6.07, 6.45) is 0. The summed E-state index contributed by atoms with van der Waals surface area (Å²) >= 11 is 0. The first-order chi connectivity index (χ1) is 9.22. The summed E-state index contributed by atoms with van der Waals surface area (Å²) in [6.45, 7) is 7.31. The molecule has 2 rings (SSSR count). The molecule has 0 saturated heterocycles. The number of rotatable bonds is 4. The van der Waals surface area contributed by atoms with E-state index in [0.29, 0.717) is 7.48 Å². The van der Waals surface area contributed by atoms with Crippen LogP contribution in [0, 0.1) is 0 Å². The molecule has 106 valence electrons. The van der Waals surface area contributed by atoms with E-state index < -0.39 is 11.2 Å². The van der Waals surface area contributed by atoms with Gasteiger partial charge in [-0.2, -0.15) is 0 Å². The topological polar surface area (TPSA) is 55.5 Å². The minimum absolute atomic E-state index is 0.442. The largest absolute Gasteiger partial charge is 0.427 e. The first-order valence-electron chi connectivity index (χ1n) is 6.85. The van der Waals surface area contributed by atoms with Crippen LogP contribution < -0.4 is 11.2 Å². The highest BCUT2D eigenvalue weighted by Crippen LogP contribution is 2.25. The van der Waals surface area contributed by atoms with Crippen molar-refractivity contribution in [3.8, 4) is 0 Å². The minimum Gasteiger partial charge on any atom is -0.427 e. The SMILES string of the molecule is CC(C)(O)C(C)(C)OBc1ccc(N)c2ccccc12. The number of nitrogen functional groups attached to an aromatic ring is 1. The van der Waals surface area contributed by atoms with Crippen LogP contribution in [0.25, 0.3) is 10.8 Å². The maximum absolute atomic E-state index is 10.1. The summed E-state index contributed by atoms with van der Waals surface area (Å²) in [5, 5.41) is 12.3. The van der Waals surface area contributed by atoms with Gasteiger partial charge in [0.2, 0.25) is 0 Å². The fourth-order valence-corrected chi connectivity index (χ4v) is 1.95. The van der Waals surface area contributed by atoms with Gasteiger partial charge in [0.1, 0.15) is 0 Å². The Balaban J connectivity index is 2.30. The van der Waals surface area contributed by atoms with E-state index >= 15 is 0 Å². The smallest absolute Gasteiger partial charge is 0.310 e. The van der Waals surface area contributed by atoms with Crippen LogP contribution in [0.5, 0.6) is 0 Å². The predicted molar refractivity (Wildman–Crippen MR) is 86.6 cm³/mol. The molecule has 0 radical (unpaired) electrons. The molecule has 4 heteroatoms. The van der Waals surface area contributed by atoms with Crippen molar-refractivity contribution in [1.29, 1.82) is 0 Å². The number of fused-ring (bicyclic) bond motifs is 1. The summed E-state index contributed by atoms with van der Waals surface area (Å²) in [4.78, 5) is 0. The molecular formula is C16H22BNO2. The zero-order valence-electron chi connectivity index (χ0n) is 12.6. The van der Waals surface area contributed by atoms with Crippen LogP contribution in [0.15, 0.2) is 36.4 Å². The molecule has 20 heavy (non-hydrogen) atoms. The molecule has 2 aromatic rings. The third-order valence-corrected chi connectivity index (χ3v) is 4.11. The molecule has 0 aliphatic rings. The van der Waals surface area contributed by atoms with E-state index in [4.69, 9.17) is 10.4 Å². The first kappa shape index (κ1) is 14.9. The van der Waals surface area contributed by atoms with Crippen molar-refractivity contribution in [2.45, 2.75) is 38.9 Å². The van der Waals surface area contributed by atoms with Crippen molar-refractivity contribution >= 4 is 29.4 Å².